The SMILES string of the molecule is [C-]#Cc1ccc(SC)cc1.[Li+]. The molecule has 0 amide bonds. The normalized spacial score (nSPS) is 8.00. The minimum absolute atomic E-state index is 0. The summed E-state index contributed by atoms with van der Waals surface area (Å²) < 4.78 is 0. The third-order valence-corrected chi connectivity index (χ3v) is 1.98. The van der Waals surface area contributed by atoms with Crippen molar-refractivity contribution in [2.45, 2.75) is 4.90 Å². The van der Waals surface area contributed by atoms with E-state index in [2.05, 4.69) is 5.92 Å². The standard InChI is InChI=1S/C9H7S.Li/c1-3-8-4-6-9(10-2)7-5-8;/h4-7H,2H3;/q-1;+1. The van der Waals surface area contributed by atoms with E-state index in [1.165, 1.54) is 4.90 Å². The van der Waals surface area contributed by atoms with Crippen molar-refractivity contribution in [1.82, 2.24) is 0 Å². The molecule has 1 aromatic carbocycles. The Bertz CT molecular complexity index is 245. The zero-order chi connectivity index (χ0) is 7.40. The molecule has 0 atom stereocenters. The Balaban J connectivity index is 0.000001000. The Morgan fingerprint density at radius 3 is 2.18 bits per heavy atom. The molecule has 0 saturated heterocycles. The molecule has 1 aromatic rings. The van der Waals surface area contributed by atoms with Gasteiger partial charge in [0.05, 0.1) is 0 Å². The van der Waals surface area contributed by atoms with Gasteiger partial charge in [0.15, 0.2) is 0 Å². The molecule has 0 aliphatic carbocycles. The molecule has 50 valence electrons. The predicted octanol–water partition coefficient (Wildman–Crippen LogP) is -0.650. The monoisotopic (exact) mass is 154 g/mol. The summed E-state index contributed by atoms with van der Waals surface area (Å²) in [6.07, 6.45) is 8.85. The minimum Gasteiger partial charge on any atom is -0.366 e. The first kappa shape index (κ1) is 10.7. The molecule has 0 aromatic heterocycles. The fourth-order valence-electron chi connectivity index (χ4n) is 0.674. The van der Waals surface area contributed by atoms with Crippen molar-refractivity contribution in [3.8, 4) is 5.92 Å². The van der Waals surface area contributed by atoms with Gasteiger partial charge in [0, 0.05) is 4.90 Å². The molecular formula is C9H7LiS. The molecule has 0 aliphatic heterocycles. The van der Waals surface area contributed by atoms with Crippen LogP contribution in [-0.4, -0.2) is 6.26 Å². The van der Waals surface area contributed by atoms with Crippen molar-refractivity contribution in [1.29, 1.82) is 0 Å². The fraction of sp³-hybridized carbons (Fsp3) is 0.111. The van der Waals surface area contributed by atoms with E-state index in [-0.39, 0.29) is 18.9 Å². The van der Waals surface area contributed by atoms with Gasteiger partial charge in [0.25, 0.3) is 0 Å². The van der Waals surface area contributed by atoms with Gasteiger partial charge in [-0.2, -0.15) is 0 Å². The molecule has 2 heteroatoms. The molecule has 0 fully saturated rings. The van der Waals surface area contributed by atoms with Crippen LogP contribution in [0.25, 0.3) is 0 Å². The number of thioether (sulfide) groups is 1. The maximum absolute atomic E-state index is 6.81. The van der Waals surface area contributed by atoms with Crippen LogP contribution in [0.3, 0.4) is 0 Å². The van der Waals surface area contributed by atoms with Crippen molar-refractivity contribution in [2.24, 2.45) is 0 Å². The van der Waals surface area contributed by atoms with Gasteiger partial charge in [0.2, 0.25) is 0 Å². The van der Waals surface area contributed by atoms with Gasteiger partial charge >= 0.3 is 18.9 Å². The summed E-state index contributed by atoms with van der Waals surface area (Å²) in [4.78, 5) is 1.22. The molecule has 0 nitrogen and oxygen atoms in total. The smallest absolute Gasteiger partial charge is 0.366 e. The summed E-state index contributed by atoms with van der Waals surface area (Å²) in [6, 6.07) is 7.75. The van der Waals surface area contributed by atoms with Crippen LogP contribution in [-0.2, 0) is 0 Å². The van der Waals surface area contributed by atoms with Gasteiger partial charge in [-0.05, 0) is 6.26 Å². The van der Waals surface area contributed by atoms with Crippen LogP contribution in [0.1, 0.15) is 5.56 Å². The van der Waals surface area contributed by atoms with Crippen LogP contribution >= 0.6 is 11.8 Å². The maximum Gasteiger partial charge on any atom is 1.00 e. The molecule has 0 radical (unpaired) electrons. The van der Waals surface area contributed by atoms with E-state index in [4.69, 9.17) is 6.42 Å². The molecule has 1 rings (SSSR count). The number of rotatable bonds is 1. The van der Waals surface area contributed by atoms with Gasteiger partial charge in [-0.25, -0.2) is 0 Å². The van der Waals surface area contributed by atoms with Crippen LogP contribution in [0.2, 0.25) is 0 Å². The average molecular weight is 154 g/mol. The zero-order valence-electron chi connectivity index (χ0n) is 6.72. The van der Waals surface area contributed by atoms with E-state index in [0.29, 0.717) is 0 Å². The second kappa shape index (κ2) is 5.39. The largest absolute Gasteiger partial charge is 1.00 e. The van der Waals surface area contributed by atoms with Crippen LogP contribution < -0.4 is 18.9 Å². The fourth-order valence-corrected chi connectivity index (χ4v) is 1.08. The molecule has 0 bridgehead atoms. The third-order valence-electron chi connectivity index (χ3n) is 1.23. The number of hydrogen-bond acceptors (Lipinski definition) is 1. The maximum atomic E-state index is 6.81. The average Bonchev–Trinajstić information content (AvgIpc) is 2.05. The van der Waals surface area contributed by atoms with E-state index in [1.54, 1.807) is 11.8 Å². The van der Waals surface area contributed by atoms with Crippen LogP contribution in [0, 0.1) is 12.3 Å². The first-order valence-corrected chi connectivity index (χ1v) is 4.16. The Hall–Kier alpha value is -0.273. The van der Waals surface area contributed by atoms with Crippen molar-refractivity contribution in [2.75, 3.05) is 6.26 Å². The van der Waals surface area contributed by atoms with Crippen LogP contribution in [0.5, 0.6) is 0 Å². The van der Waals surface area contributed by atoms with E-state index in [1.807, 2.05) is 30.5 Å². The summed E-state index contributed by atoms with van der Waals surface area (Å²) >= 11 is 1.70. The Labute approximate surface area is 83.9 Å². The van der Waals surface area contributed by atoms with Crippen molar-refractivity contribution in [3.63, 3.8) is 0 Å². The van der Waals surface area contributed by atoms with E-state index in [0.717, 1.165) is 5.56 Å². The molecule has 11 heavy (non-hydrogen) atoms. The second-order valence-corrected chi connectivity index (χ2v) is 2.73. The second-order valence-electron chi connectivity index (χ2n) is 1.85. The summed E-state index contributed by atoms with van der Waals surface area (Å²) in [7, 11) is 0. The van der Waals surface area contributed by atoms with Gasteiger partial charge in [-0.1, -0.05) is 12.1 Å². The first-order chi connectivity index (χ1) is 4.86. The Morgan fingerprint density at radius 1 is 1.27 bits per heavy atom. The molecule has 0 aliphatic rings. The van der Waals surface area contributed by atoms with Crippen LogP contribution in [0.15, 0.2) is 29.2 Å². The van der Waals surface area contributed by atoms with Gasteiger partial charge in [-0.3, -0.25) is 5.92 Å². The quantitative estimate of drug-likeness (QED) is 0.224. The first-order valence-electron chi connectivity index (χ1n) is 2.93. The summed E-state index contributed by atoms with van der Waals surface area (Å²) in [6.45, 7) is 0. The van der Waals surface area contributed by atoms with Gasteiger partial charge < -0.3 is 6.42 Å². The van der Waals surface area contributed by atoms with Gasteiger partial charge in [0.1, 0.15) is 0 Å². The summed E-state index contributed by atoms with van der Waals surface area (Å²) in [5, 5.41) is 0. The van der Waals surface area contributed by atoms with Crippen molar-refractivity contribution >= 4 is 11.8 Å². The molecule has 0 heterocycles. The molecule has 0 N–H and O–H groups in total. The Morgan fingerprint density at radius 2 is 1.82 bits per heavy atom. The van der Waals surface area contributed by atoms with Crippen molar-refractivity contribution < 1.29 is 18.9 Å². The predicted molar refractivity (Wildman–Crippen MR) is 44.5 cm³/mol. The van der Waals surface area contributed by atoms with Gasteiger partial charge in [-0.15, -0.1) is 29.5 Å². The van der Waals surface area contributed by atoms with Crippen molar-refractivity contribution in [3.05, 3.63) is 36.3 Å². The van der Waals surface area contributed by atoms with E-state index in [9.17, 15) is 0 Å². The molecule has 0 unspecified atom stereocenters. The number of hydrogen-bond donors (Lipinski definition) is 0. The zero-order valence-corrected chi connectivity index (χ0v) is 7.53. The summed E-state index contributed by atoms with van der Waals surface area (Å²) in [5.41, 5.74) is 0.831. The topological polar surface area (TPSA) is 0 Å². The Kier molecular flexibility index (Phi) is 5.25. The van der Waals surface area contributed by atoms with Crippen LogP contribution in [0.4, 0.5) is 0 Å². The molecular weight excluding hydrogens is 147 g/mol. The minimum atomic E-state index is 0. The van der Waals surface area contributed by atoms with E-state index < -0.39 is 0 Å². The summed E-state index contributed by atoms with van der Waals surface area (Å²) in [5.74, 6) is 2.32. The molecule has 0 saturated carbocycles. The molecule has 0 spiro atoms. The third kappa shape index (κ3) is 3.08. The number of benzene rings is 1. The van der Waals surface area contributed by atoms with E-state index >= 15 is 0 Å².